The van der Waals surface area contributed by atoms with Crippen molar-refractivity contribution in [3.05, 3.63) is 46.2 Å². The Morgan fingerprint density at radius 1 is 1.28 bits per heavy atom. The summed E-state index contributed by atoms with van der Waals surface area (Å²) in [5.41, 5.74) is 1.72. The second-order valence-corrected chi connectivity index (χ2v) is 10.6. The molecule has 2 unspecified atom stereocenters. The van der Waals surface area contributed by atoms with Crippen LogP contribution in [-0.2, 0) is 21.2 Å². The highest BCUT2D eigenvalue weighted by Crippen LogP contribution is 2.34. The van der Waals surface area contributed by atoms with Crippen molar-refractivity contribution in [2.24, 2.45) is 0 Å². The second-order valence-electron chi connectivity index (χ2n) is 7.86. The number of nitrogens with zero attached hydrogens (tertiary/aromatic N) is 2. The minimum absolute atomic E-state index is 0.0191. The van der Waals surface area contributed by atoms with Crippen molar-refractivity contribution in [3.63, 3.8) is 0 Å². The van der Waals surface area contributed by atoms with E-state index in [9.17, 15) is 13.2 Å². The van der Waals surface area contributed by atoms with E-state index in [2.05, 4.69) is 15.7 Å². The van der Waals surface area contributed by atoms with Crippen LogP contribution in [0.2, 0.25) is 0 Å². The second kappa shape index (κ2) is 8.18. The van der Waals surface area contributed by atoms with Gasteiger partial charge in [0, 0.05) is 30.1 Å². The first-order chi connectivity index (χ1) is 13.9. The normalized spacial score (nSPS) is 20.8. The van der Waals surface area contributed by atoms with Gasteiger partial charge in [0.15, 0.2) is 0 Å². The molecule has 3 heterocycles. The molecule has 0 aliphatic carbocycles. The molecule has 2 aliphatic heterocycles. The predicted molar refractivity (Wildman–Crippen MR) is 116 cm³/mol. The average Bonchev–Trinajstić information content (AvgIpc) is 3.42. The van der Waals surface area contributed by atoms with E-state index in [1.165, 1.54) is 4.88 Å². The number of hydrogen-bond acceptors (Lipinski definition) is 5. The number of rotatable bonds is 6. The molecule has 0 bridgehead atoms. The summed E-state index contributed by atoms with van der Waals surface area (Å²) in [4.78, 5) is 17.5. The number of amides is 1. The molecule has 29 heavy (non-hydrogen) atoms. The van der Waals surface area contributed by atoms with Crippen molar-refractivity contribution in [1.29, 1.82) is 0 Å². The molecule has 2 aliphatic rings. The minimum Gasteiger partial charge on any atom is -0.309 e. The number of carbonyl (C=O) groups excluding carboxylic acids is 1. The molecule has 1 N–H and O–H groups in total. The maximum atomic E-state index is 13.0. The molecule has 1 fully saturated rings. The average molecular weight is 434 g/mol. The summed E-state index contributed by atoms with van der Waals surface area (Å²) < 4.78 is 28.9. The van der Waals surface area contributed by atoms with Crippen molar-refractivity contribution < 1.29 is 13.2 Å². The monoisotopic (exact) mass is 433 g/mol. The van der Waals surface area contributed by atoms with Crippen LogP contribution in [0, 0.1) is 0 Å². The van der Waals surface area contributed by atoms with Crippen molar-refractivity contribution in [2.45, 2.75) is 50.1 Å². The summed E-state index contributed by atoms with van der Waals surface area (Å²) in [5.74, 6) is -0.0191. The van der Waals surface area contributed by atoms with Crippen LogP contribution >= 0.6 is 11.3 Å². The fraction of sp³-hybridized carbons (Fsp3) is 0.476. The van der Waals surface area contributed by atoms with Crippen LogP contribution in [0.3, 0.4) is 0 Å². The summed E-state index contributed by atoms with van der Waals surface area (Å²) in [6.45, 7) is 5.89. The molecule has 2 aromatic rings. The molecule has 1 aromatic carbocycles. The van der Waals surface area contributed by atoms with Gasteiger partial charge in [-0.15, -0.1) is 11.3 Å². The molecule has 6 nitrogen and oxygen atoms in total. The fourth-order valence-electron chi connectivity index (χ4n) is 4.47. The van der Waals surface area contributed by atoms with Gasteiger partial charge in [-0.05, 0) is 74.5 Å². The van der Waals surface area contributed by atoms with E-state index in [0.717, 1.165) is 37.2 Å². The quantitative estimate of drug-likeness (QED) is 0.760. The Balaban J connectivity index is 1.53. The van der Waals surface area contributed by atoms with E-state index < -0.39 is 10.0 Å². The number of thiophene rings is 1. The number of hydrogen-bond donors (Lipinski definition) is 1. The van der Waals surface area contributed by atoms with Gasteiger partial charge in [0.2, 0.25) is 15.9 Å². The van der Waals surface area contributed by atoms with Gasteiger partial charge < -0.3 is 4.90 Å². The fourth-order valence-corrected chi connectivity index (χ4v) is 6.42. The Bertz CT molecular complexity index is 983. The summed E-state index contributed by atoms with van der Waals surface area (Å²) in [7, 11) is -3.63. The number of fused-ring (bicyclic) bond motifs is 1. The Morgan fingerprint density at radius 2 is 2.03 bits per heavy atom. The third-order valence-electron chi connectivity index (χ3n) is 5.84. The van der Waals surface area contributed by atoms with Crippen LogP contribution in [0.15, 0.2) is 40.6 Å². The highest BCUT2D eigenvalue weighted by atomic mass is 32.2. The Hall–Kier alpha value is -1.74. The maximum absolute atomic E-state index is 13.0. The maximum Gasteiger partial charge on any atom is 0.240 e. The van der Waals surface area contributed by atoms with Crippen molar-refractivity contribution in [3.8, 4) is 0 Å². The molecular formula is C21H27N3O3S2. The SMILES string of the molecule is CC(=O)N1c2ccc(S(=O)(=O)NCC(c3cccs3)N3CCCC3)cc2CC1C. The summed E-state index contributed by atoms with van der Waals surface area (Å²) in [6, 6.07) is 9.28. The Kier molecular flexibility index (Phi) is 5.79. The lowest BCUT2D eigenvalue weighted by Crippen LogP contribution is -2.36. The van der Waals surface area contributed by atoms with Gasteiger partial charge in [0.1, 0.15) is 0 Å². The predicted octanol–water partition coefficient (Wildman–Crippen LogP) is 3.16. The molecule has 4 rings (SSSR count). The summed E-state index contributed by atoms with van der Waals surface area (Å²) >= 11 is 1.67. The molecule has 0 spiro atoms. The number of benzene rings is 1. The minimum atomic E-state index is -3.63. The molecule has 2 atom stereocenters. The highest BCUT2D eigenvalue weighted by molar-refractivity contribution is 7.89. The lowest BCUT2D eigenvalue weighted by Gasteiger charge is -2.27. The van der Waals surface area contributed by atoms with Crippen LogP contribution in [0.1, 0.15) is 43.2 Å². The molecule has 1 amide bonds. The molecule has 0 radical (unpaired) electrons. The van der Waals surface area contributed by atoms with Gasteiger partial charge in [0.05, 0.1) is 10.9 Å². The molecule has 0 saturated carbocycles. The first-order valence-corrected chi connectivity index (χ1v) is 12.4. The third kappa shape index (κ3) is 4.12. The lowest BCUT2D eigenvalue weighted by atomic mass is 10.1. The van der Waals surface area contributed by atoms with Crippen molar-refractivity contribution >= 4 is 33.0 Å². The number of nitrogens with one attached hydrogen (secondary N) is 1. The highest BCUT2D eigenvalue weighted by Gasteiger charge is 2.31. The van der Waals surface area contributed by atoms with Crippen LogP contribution in [0.25, 0.3) is 0 Å². The zero-order valence-corrected chi connectivity index (χ0v) is 18.4. The number of carbonyl (C=O) groups is 1. The van der Waals surface area contributed by atoms with Gasteiger partial charge in [-0.3, -0.25) is 9.69 Å². The van der Waals surface area contributed by atoms with E-state index >= 15 is 0 Å². The third-order valence-corrected chi connectivity index (χ3v) is 8.23. The molecular weight excluding hydrogens is 406 g/mol. The number of sulfonamides is 1. The van der Waals surface area contributed by atoms with Gasteiger partial charge in [0.25, 0.3) is 0 Å². The molecule has 1 saturated heterocycles. The molecule has 156 valence electrons. The van der Waals surface area contributed by atoms with Gasteiger partial charge in [-0.1, -0.05) is 6.07 Å². The largest absolute Gasteiger partial charge is 0.309 e. The molecule has 1 aromatic heterocycles. The van der Waals surface area contributed by atoms with E-state index in [1.54, 1.807) is 41.4 Å². The summed E-state index contributed by atoms with van der Waals surface area (Å²) in [5, 5.41) is 2.04. The number of anilines is 1. The van der Waals surface area contributed by atoms with E-state index in [4.69, 9.17) is 0 Å². The van der Waals surface area contributed by atoms with Crippen LogP contribution in [-0.4, -0.2) is 44.9 Å². The smallest absolute Gasteiger partial charge is 0.240 e. The first-order valence-electron chi connectivity index (χ1n) is 10.1. The lowest BCUT2D eigenvalue weighted by molar-refractivity contribution is -0.116. The first kappa shape index (κ1) is 20.5. The van der Waals surface area contributed by atoms with Gasteiger partial charge in [-0.25, -0.2) is 13.1 Å². The topological polar surface area (TPSA) is 69.7 Å². The van der Waals surface area contributed by atoms with Gasteiger partial charge >= 0.3 is 0 Å². The van der Waals surface area contributed by atoms with E-state index in [-0.39, 0.29) is 22.9 Å². The summed E-state index contributed by atoms with van der Waals surface area (Å²) in [6.07, 6.45) is 2.98. The van der Waals surface area contributed by atoms with Crippen LogP contribution < -0.4 is 9.62 Å². The van der Waals surface area contributed by atoms with Crippen LogP contribution in [0.5, 0.6) is 0 Å². The Labute approximate surface area is 176 Å². The van der Waals surface area contributed by atoms with Crippen molar-refractivity contribution in [1.82, 2.24) is 9.62 Å². The Morgan fingerprint density at radius 3 is 2.69 bits per heavy atom. The number of likely N-dealkylation sites (tertiary alicyclic amines) is 1. The molecule has 8 heteroatoms. The standard InChI is InChI=1S/C21H27N3O3S2/c1-15-12-17-13-18(7-8-19(17)24(15)16(2)25)29(26,27)22-14-20(21-6-5-11-28-21)23-9-3-4-10-23/h5-8,11,13,15,20,22H,3-4,9-10,12,14H2,1-2H3. The zero-order chi connectivity index (χ0) is 20.6. The van der Waals surface area contributed by atoms with Gasteiger partial charge in [-0.2, -0.15) is 0 Å². The zero-order valence-electron chi connectivity index (χ0n) is 16.8. The van der Waals surface area contributed by atoms with E-state index in [0.29, 0.717) is 13.0 Å². The van der Waals surface area contributed by atoms with E-state index in [1.807, 2.05) is 18.4 Å². The van der Waals surface area contributed by atoms with Crippen molar-refractivity contribution in [2.75, 3.05) is 24.5 Å². The van der Waals surface area contributed by atoms with Crippen LogP contribution in [0.4, 0.5) is 5.69 Å².